The number of nitrogens with one attached hydrogen (secondary N) is 1. The van der Waals surface area contributed by atoms with Gasteiger partial charge >= 0.3 is 0 Å². The summed E-state index contributed by atoms with van der Waals surface area (Å²) >= 11 is 0. The maximum atomic E-state index is 3.94. The Hall–Kier alpha value is -2.52. The van der Waals surface area contributed by atoms with E-state index in [2.05, 4.69) is 89.4 Å². The largest absolute Gasteiger partial charge is 0.372 e. The topological polar surface area (TPSA) is 20.2 Å². The average Bonchev–Trinajstić information content (AvgIpc) is 3.15. The maximum absolute atomic E-state index is 3.94. The molecule has 1 fully saturated rings. The van der Waals surface area contributed by atoms with Gasteiger partial charge in [0, 0.05) is 31.5 Å². The first kappa shape index (κ1) is 16.6. The van der Waals surface area contributed by atoms with Crippen molar-refractivity contribution in [2.75, 3.05) is 18.4 Å². The van der Waals surface area contributed by atoms with E-state index in [0.29, 0.717) is 0 Å². The highest BCUT2D eigenvalue weighted by Gasteiger charge is 2.41. The Bertz CT molecular complexity index is 977. The fourth-order valence-corrected chi connectivity index (χ4v) is 4.81. The molecule has 0 saturated carbocycles. The highest BCUT2D eigenvalue weighted by molar-refractivity contribution is 5.68. The summed E-state index contributed by atoms with van der Waals surface area (Å²) in [6.45, 7) is 7.63. The number of rotatable bonds is 2. The molecule has 0 radical (unpaired) electrons. The lowest BCUT2D eigenvalue weighted by atomic mass is 9.82. The molecule has 2 aliphatic heterocycles. The fraction of sp³-hybridized carbons (Fsp3) is 0.333. The molecule has 2 aliphatic rings. The van der Waals surface area contributed by atoms with Crippen molar-refractivity contribution in [2.24, 2.45) is 0 Å². The lowest BCUT2D eigenvalue weighted by molar-refractivity contribution is 0.162. The molecule has 1 saturated heterocycles. The van der Waals surface area contributed by atoms with Gasteiger partial charge in [-0.1, -0.05) is 35.9 Å². The monoisotopic (exact) mass is 357 g/mol. The predicted molar refractivity (Wildman–Crippen MR) is 111 cm³/mol. The molecule has 138 valence electrons. The van der Waals surface area contributed by atoms with Crippen molar-refractivity contribution in [1.82, 2.24) is 9.47 Å². The Labute approximate surface area is 161 Å². The second kappa shape index (κ2) is 6.28. The van der Waals surface area contributed by atoms with E-state index in [9.17, 15) is 0 Å². The molecule has 3 aromatic rings. The van der Waals surface area contributed by atoms with E-state index in [-0.39, 0.29) is 5.54 Å². The number of aryl methyl sites for hydroxylation is 2. The van der Waals surface area contributed by atoms with Crippen LogP contribution in [0.4, 0.5) is 5.69 Å². The molecule has 3 nitrogen and oxygen atoms in total. The van der Waals surface area contributed by atoms with Crippen LogP contribution in [0.25, 0.3) is 5.69 Å². The Morgan fingerprint density at radius 3 is 2.56 bits per heavy atom. The molecule has 1 aromatic heterocycles. The average molecular weight is 358 g/mol. The van der Waals surface area contributed by atoms with Gasteiger partial charge in [0.05, 0.1) is 16.9 Å². The van der Waals surface area contributed by atoms with Crippen LogP contribution in [0.5, 0.6) is 0 Å². The number of likely N-dealkylation sites (tertiary alicyclic amines) is 1. The fourth-order valence-electron chi connectivity index (χ4n) is 4.81. The Balaban J connectivity index is 1.39. The van der Waals surface area contributed by atoms with Crippen molar-refractivity contribution >= 4 is 5.69 Å². The van der Waals surface area contributed by atoms with Crippen molar-refractivity contribution in [1.29, 1.82) is 0 Å². The second-order valence-electron chi connectivity index (χ2n) is 8.26. The normalized spacial score (nSPS) is 18.0. The summed E-state index contributed by atoms with van der Waals surface area (Å²) in [5.41, 5.74) is 8.08. The van der Waals surface area contributed by atoms with Crippen LogP contribution in [0.1, 0.15) is 35.2 Å². The standard InChI is InChI=1S/C24H27N3/c1-18-5-3-6-20(15-18)17-26-13-10-24(11-14-26)23-7-4-12-27(23)22-9-8-19(2)16-21(22)25-24/h3-9,12,15-16,25H,10-11,13-14,17H2,1-2H3. The first-order valence-corrected chi connectivity index (χ1v) is 9.98. The molecule has 3 heteroatoms. The third-order valence-corrected chi connectivity index (χ3v) is 6.22. The molecule has 27 heavy (non-hydrogen) atoms. The third-order valence-electron chi connectivity index (χ3n) is 6.22. The van der Waals surface area contributed by atoms with Crippen molar-refractivity contribution < 1.29 is 0 Å². The van der Waals surface area contributed by atoms with Crippen LogP contribution < -0.4 is 5.32 Å². The molecule has 3 heterocycles. The summed E-state index contributed by atoms with van der Waals surface area (Å²) in [4.78, 5) is 2.60. The number of anilines is 1. The van der Waals surface area contributed by atoms with Gasteiger partial charge in [0.15, 0.2) is 0 Å². The second-order valence-corrected chi connectivity index (χ2v) is 8.26. The van der Waals surface area contributed by atoms with E-state index in [1.54, 1.807) is 0 Å². The van der Waals surface area contributed by atoms with Gasteiger partial charge in [-0.2, -0.15) is 0 Å². The van der Waals surface area contributed by atoms with E-state index in [0.717, 1.165) is 32.5 Å². The van der Waals surface area contributed by atoms with E-state index < -0.39 is 0 Å². The number of piperidine rings is 1. The Kier molecular flexibility index (Phi) is 3.87. The third kappa shape index (κ3) is 2.87. The van der Waals surface area contributed by atoms with Crippen LogP contribution in [-0.2, 0) is 12.1 Å². The van der Waals surface area contributed by atoms with E-state index in [4.69, 9.17) is 0 Å². The number of hydrogen-bond acceptors (Lipinski definition) is 2. The molecule has 5 rings (SSSR count). The van der Waals surface area contributed by atoms with Crippen LogP contribution in [0, 0.1) is 13.8 Å². The van der Waals surface area contributed by atoms with Gasteiger partial charge in [0.2, 0.25) is 0 Å². The lowest BCUT2D eigenvalue weighted by Gasteiger charge is -2.46. The predicted octanol–water partition coefficient (Wildman–Crippen LogP) is 5.01. The quantitative estimate of drug-likeness (QED) is 0.696. The summed E-state index contributed by atoms with van der Waals surface area (Å²) in [5.74, 6) is 0. The zero-order valence-electron chi connectivity index (χ0n) is 16.2. The van der Waals surface area contributed by atoms with Gasteiger partial charge in [0.1, 0.15) is 0 Å². The molecule has 0 amide bonds. The first-order valence-electron chi connectivity index (χ1n) is 9.98. The van der Waals surface area contributed by atoms with Crippen molar-refractivity contribution in [3.05, 3.63) is 83.2 Å². The van der Waals surface area contributed by atoms with E-state index >= 15 is 0 Å². The van der Waals surface area contributed by atoms with Gasteiger partial charge in [-0.25, -0.2) is 0 Å². The minimum absolute atomic E-state index is 0.0490. The first-order chi connectivity index (χ1) is 13.1. The molecule has 0 bridgehead atoms. The minimum Gasteiger partial charge on any atom is -0.372 e. The minimum atomic E-state index is 0.0490. The van der Waals surface area contributed by atoms with Crippen molar-refractivity contribution in [2.45, 2.75) is 38.8 Å². The SMILES string of the molecule is Cc1cccc(CN2CCC3(CC2)Nc2cc(C)ccc2-n2cccc23)c1. The molecule has 0 atom stereocenters. The molecular weight excluding hydrogens is 330 g/mol. The van der Waals surface area contributed by atoms with Crippen LogP contribution >= 0.6 is 0 Å². The molecule has 1 spiro atoms. The number of hydrogen-bond donors (Lipinski definition) is 1. The summed E-state index contributed by atoms with van der Waals surface area (Å²) in [5, 5.41) is 3.94. The maximum Gasteiger partial charge on any atom is 0.0804 e. The van der Waals surface area contributed by atoms with Gasteiger partial charge in [0.25, 0.3) is 0 Å². The molecule has 0 aliphatic carbocycles. The zero-order chi connectivity index (χ0) is 18.4. The number of fused-ring (bicyclic) bond motifs is 4. The molecule has 0 unspecified atom stereocenters. The van der Waals surface area contributed by atoms with E-state index in [1.165, 1.54) is 33.8 Å². The molecule has 1 N–H and O–H groups in total. The highest BCUT2D eigenvalue weighted by Crippen LogP contribution is 2.43. The van der Waals surface area contributed by atoms with Gasteiger partial charge < -0.3 is 9.88 Å². The van der Waals surface area contributed by atoms with Crippen LogP contribution in [-0.4, -0.2) is 22.6 Å². The van der Waals surface area contributed by atoms with Gasteiger partial charge in [-0.05, 0) is 62.1 Å². The lowest BCUT2D eigenvalue weighted by Crippen LogP contribution is -2.49. The summed E-state index contributed by atoms with van der Waals surface area (Å²) in [6, 6.07) is 20.1. The van der Waals surface area contributed by atoms with Crippen LogP contribution in [0.2, 0.25) is 0 Å². The van der Waals surface area contributed by atoms with Gasteiger partial charge in [-0.3, -0.25) is 4.90 Å². The molecule has 2 aromatic carbocycles. The number of benzene rings is 2. The zero-order valence-corrected chi connectivity index (χ0v) is 16.2. The van der Waals surface area contributed by atoms with Crippen molar-refractivity contribution in [3.8, 4) is 5.69 Å². The van der Waals surface area contributed by atoms with E-state index in [1.807, 2.05) is 0 Å². The van der Waals surface area contributed by atoms with Crippen LogP contribution in [0.3, 0.4) is 0 Å². The highest BCUT2D eigenvalue weighted by atomic mass is 15.2. The van der Waals surface area contributed by atoms with Gasteiger partial charge in [-0.15, -0.1) is 0 Å². The Morgan fingerprint density at radius 2 is 1.74 bits per heavy atom. The van der Waals surface area contributed by atoms with Crippen LogP contribution in [0.15, 0.2) is 60.8 Å². The summed E-state index contributed by atoms with van der Waals surface area (Å²) in [6.07, 6.45) is 4.48. The summed E-state index contributed by atoms with van der Waals surface area (Å²) < 4.78 is 2.39. The number of nitrogens with zero attached hydrogens (tertiary/aromatic N) is 2. The number of aromatic nitrogens is 1. The summed E-state index contributed by atoms with van der Waals surface area (Å²) in [7, 11) is 0. The smallest absolute Gasteiger partial charge is 0.0804 e. The Morgan fingerprint density at radius 1 is 0.926 bits per heavy atom. The molecular formula is C24H27N3. The van der Waals surface area contributed by atoms with Crippen molar-refractivity contribution in [3.63, 3.8) is 0 Å².